The Labute approximate surface area is 207 Å². The van der Waals surface area contributed by atoms with Gasteiger partial charge in [0.05, 0.1) is 23.8 Å². The molecule has 182 valence electrons. The quantitative estimate of drug-likeness (QED) is 0.376. The molecule has 8 nitrogen and oxygen atoms in total. The molecule has 3 aromatic carbocycles. The summed E-state index contributed by atoms with van der Waals surface area (Å²) < 4.78 is 40.6. The first-order valence-electron chi connectivity index (χ1n) is 10.7. The van der Waals surface area contributed by atoms with Gasteiger partial charge in [0.1, 0.15) is 17.0 Å². The molecule has 0 N–H and O–H groups in total. The van der Waals surface area contributed by atoms with Gasteiger partial charge in [-0.25, -0.2) is 8.42 Å². The molecular weight excluding hydrogens is 486 g/mol. The van der Waals surface area contributed by atoms with E-state index in [9.17, 15) is 13.2 Å². The van der Waals surface area contributed by atoms with Crippen molar-refractivity contribution in [1.29, 1.82) is 0 Å². The summed E-state index contributed by atoms with van der Waals surface area (Å²) in [7, 11) is 2.77. The minimum atomic E-state index is -3.71. The van der Waals surface area contributed by atoms with Gasteiger partial charge in [0.15, 0.2) is 4.80 Å². The Morgan fingerprint density at radius 3 is 2.34 bits per heavy atom. The second-order valence-corrected chi connectivity index (χ2v) is 10.9. The molecule has 1 heterocycles. The van der Waals surface area contributed by atoms with Crippen LogP contribution >= 0.6 is 11.3 Å². The highest BCUT2D eigenvalue weighted by Gasteiger charge is 2.21. The fraction of sp³-hybridized carbons (Fsp3) is 0.200. The number of hydrogen-bond donors (Lipinski definition) is 0. The number of rotatable bonds is 7. The first-order valence-corrected chi connectivity index (χ1v) is 12.9. The molecule has 0 fully saturated rings. The molecule has 4 rings (SSSR count). The van der Waals surface area contributed by atoms with E-state index in [1.54, 1.807) is 31.9 Å². The number of carbonyl (C=O) groups is 1. The predicted octanol–water partition coefficient (Wildman–Crippen LogP) is 3.82. The summed E-state index contributed by atoms with van der Waals surface area (Å²) in [4.78, 5) is 17.7. The summed E-state index contributed by atoms with van der Waals surface area (Å²) in [6.45, 7) is 0.246. The van der Waals surface area contributed by atoms with E-state index in [0.29, 0.717) is 16.3 Å². The molecule has 1 amide bonds. The van der Waals surface area contributed by atoms with Crippen molar-refractivity contribution < 1.29 is 22.7 Å². The van der Waals surface area contributed by atoms with Crippen LogP contribution in [0, 0.1) is 0 Å². The van der Waals surface area contributed by atoms with Gasteiger partial charge in [-0.2, -0.15) is 9.30 Å². The van der Waals surface area contributed by atoms with Crippen molar-refractivity contribution in [3.63, 3.8) is 0 Å². The normalized spacial score (nSPS) is 12.3. The standard InChI is InChI=1S/C25H25N3O5S2/c1-27(16-17-8-6-5-7-9-17)35(30,31)20-12-10-18(11-13-20)24(29)26-25-28(2)23-21(33-4)14-19(32-3)15-22(23)34-25/h5-15H,16H2,1-4H3. The van der Waals surface area contributed by atoms with Gasteiger partial charge in [-0.05, 0) is 35.9 Å². The van der Waals surface area contributed by atoms with E-state index in [1.807, 2.05) is 36.4 Å². The highest BCUT2D eigenvalue weighted by atomic mass is 32.2. The molecule has 10 heteroatoms. The van der Waals surface area contributed by atoms with Crippen LogP contribution in [0.15, 0.2) is 76.6 Å². The summed E-state index contributed by atoms with van der Waals surface area (Å²) in [5, 5.41) is 0. The fourth-order valence-corrected chi connectivity index (χ4v) is 5.85. The number of carbonyl (C=O) groups excluding carboxylic acids is 1. The third-order valence-corrected chi connectivity index (χ3v) is 8.44. The lowest BCUT2D eigenvalue weighted by atomic mass is 10.2. The molecule has 0 saturated heterocycles. The summed E-state index contributed by atoms with van der Waals surface area (Å²) in [6, 6.07) is 18.8. The molecule has 35 heavy (non-hydrogen) atoms. The van der Waals surface area contributed by atoms with Crippen LogP contribution in [0.3, 0.4) is 0 Å². The zero-order valence-corrected chi connectivity index (χ0v) is 21.4. The predicted molar refractivity (Wildman–Crippen MR) is 135 cm³/mol. The smallest absolute Gasteiger partial charge is 0.279 e. The van der Waals surface area contributed by atoms with Gasteiger partial charge < -0.3 is 14.0 Å². The molecule has 0 aliphatic carbocycles. The van der Waals surface area contributed by atoms with E-state index < -0.39 is 15.9 Å². The van der Waals surface area contributed by atoms with Crippen LogP contribution in [0.2, 0.25) is 0 Å². The summed E-state index contributed by atoms with van der Waals surface area (Å²) in [5.41, 5.74) is 1.97. The third kappa shape index (κ3) is 5.00. The largest absolute Gasteiger partial charge is 0.497 e. The Bertz CT molecular complexity index is 1540. The van der Waals surface area contributed by atoms with Crippen molar-refractivity contribution in [2.75, 3.05) is 21.3 Å². The van der Waals surface area contributed by atoms with Gasteiger partial charge in [0.2, 0.25) is 10.0 Å². The summed E-state index contributed by atoms with van der Waals surface area (Å²) in [5.74, 6) is 0.781. The number of aryl methyl sites for hydroxylation is 1. The molecule has 0 bridgehead atoms. The van der Waals surface area contributed by atoms with Gasteiger partial charge >= 0.3 is 0 Å². The lowest BCUT2D eigenvalue weighted by molar-refractivity contribution is 0.0998. The molecule has 4 aromatic rings. The SMILES string of the molecule is COc1cc(OC)c2c(c1)sc(=NC(=O)c1ccc(S(=O)(=O)N(C)Cc3ccccc3)cc1)n2C. The van der Waals surface area contributed by atoms with Crippen molar-refractivity contribution in [2.24, 2.45) is 12.0 Å². The monoisotopic (exact) mass is 511 g/mol. The van der Waals surface area contributed by atoms with Gasteiger partial charge in [-0.1, -0.05) is 41.7 Å². The van der Waals surface area contributed by atoms with Crippen LogP contribution in [0.25, 0.3) is 10.2 Å². The molecule has 0 unspecified atom stereocenters. The van der Waals surface area contributed by atoms with E-state index in [1.165, 1.54) is 47.0 Å². The molecule has 0 saturated carbocycles. The molecule has 0 spiro atoms. The maximum Gasteiger partial charge on any atom is 0.279 e. The summed E-state index contributed by atoms with van der Waals surface area (Å²) >= 11 is 1.33. The highest BCUT2D eigenvalue weighted by molar-refractivity contribution is 7.89. The second-order valence-electron chi connectivity index (χ2n) is 7.81. The van der Waals surface area contributed by atoms with Crippen molar-refractivity contribution in [3.05, 3.63) is 82.7 Å². The van der Waals surface area contributed by atoms with Gasteiger partial charge in [0, 0.05) is 32.3 Å². The fourth-order valence-electron chi connectivity index (χ4n) is 3.63. The maximum atomic E-state index is 13.0. The van der Waals surface area contributed by atoms with Crippen molar-refractivity contribution >= 4 is 37.5 Å². The molecular formula is C25H25N3O5S2. The van der Waals surface area contributed by atoms with E-state index >= 15 is 0 Å². The number of hydrogen-bond acceptors (Lipinski definition) is 6. The third-order valence-electron chi connectivity index (χ3n) is 5.55. The number of thiazole rings is 1. The second kappa shape index (κ2) is 10.0. The number of methoxy groups -OCH3 is 2. The number of ether oxygens (including phenoxy) is 2. The molecule has 0 aliphatic rings. The molecule has 0 aliphatic heterocycles. The Balaban J connectivity index is 1.61. The number of sulfonamides is 1. The van der Waals surface area contributed by atoms with Gasteiger partial charge in [-0.3, -0.25) is 4.79 Å². The van der Waals surface area contributed by atoms with E-state index in [4.69, 9.17) is 9.47 Å². The number of benzene rings is 3. The van der Waals surface area contributed by atoms with E-state index in [2.05, 4.69) is 4.99 Å². The zero-order valence-electron chi connectivity index (χ0n) is 19.8. The highest BCUT2D eigenvalue weighted by Crippen LogP contribution is 2.32. The van der Waals surface area contributed by atoms with Crippen LogP contribution < -0.4 is 14.3 Å². The first-order chi connectivity index (χ1) is 16.7. The van der Waals surface area contributed by atoms with Crippen molar-refractivity contribution in [1.82, 2.24) is 8.87 Å². The van der Waals surface area contributed by atoms with E-state index in [-0.39, 0.29) is 17.0 Å². The Hall–Kier alpha value is -3.47. The summed E-state index contributed by atoms with van der Waals surface area (Å²) in [6.07, 6.45) is 0. The van der Waals surface area contributed by atoms with Crippen LogP contribution in [-0.4, -0.2) is 44.5 Å². The zero-order chi connectivity index (χ0) is 25.2. The van der Waals surface area contributed by atoms with E-state index in [0.717, 1.165) is 15.8 Å². The molecule has 1 aromatic heterocycles. The average Bonchev–Trinajstić information content (AvgIpc) is 3.18. The maximum absolute atomic E-state index is 13.0. The first kappa shape index (κ1) is 24.6. The number of aromatic nitrogens is 1. The number of fused-ring (bicyclic) bond motifs is 1. The van der Waals surface area contributed by atoms with Gasteiger partial charge in [-0.15, -0.1) is 0 Å². The van der Waals surface area contributed by atoms with Crippen LogP contribution in [-0.2, 0) is 23.6 Å². The minimum Gasteiger partial charge on any atom is -0.497 e. The molecule has 0 atom stereocenters. The number of amides is 1. The Kier molecular flexibility index (Phi) is 7.06. The number of nitrogens with zero attached hydrogens (tertiary/aromatic N) is 3. The van der Waals surface area contributed by atoms with Crippen LogP contribution in [0.1, 0.15) is 15.9 Å². The Morgan fingerprint density at radius 1 is 1.03 bits per heavy atom. The molecule has 0 radical (unpaired) electrons. The average molecular weight is 512 g/mol. The topological polar surface area (TPSA) is 90.2 Å². The Morgan fingerprint density at radius 2 is 1.71 bits per heavy atom. The van der Waals surface area contributed by atoms with Crippen molar-refractivity contribution in [2.45, 2.75) is 11.4 Å². The lowest BCUT2D eigenvalue weighted by Crippen LogP contribution is -2.26. The van der Waals surface area contributed by atoms with Crippen LogP contribution in [0.5, 0.6) is 11.5 Å². The van der Waals surface area contributed by atoms with Crippen molar-refractivity contribution in [3.8, 4) is 11.5 Å². The van der Waals surface area contributed by atoms with Gasteiger partial charge in [0.25, 0.3) is 5.91 Å². The minimum absolute atomic E-state index is 0.108. The lowest BCUT2D eigenvalue weighted by Gasteiger charge is -2.17. The van der Waals surface area contributed by atoms with Crippen LogP contribution in [0.4, 0.5) is 0 Å².